The van der Waals surface area contributed by atoms with Crippen molar-refractivity contribution in [3.63, 3.8) is 0 Å². The molecule has 1 saturated heterocycles. The Morgan fingerprint density at radius 3 is 2.56 bits per heavy atom. The molecular weight excluding hydrogens is 345 g/mol. The van der Waals surface area contributed by atoms with Crippen molar-refractivity contribution in [3.05, 3.63) is 53.5 Å². The first-order valence-electron chi connectivity index (χ1n) is 9.26. The molecule has 4 atom stereocenters. The number of hydrogen-bond acceptors (Lipinski definition) is 5. The number of ether oxygens (including phenoxy) is 1. The number of rotatable bonds is 3. The number of fused-ring (bicyclic) bond motifs is 1. The molecule has 1 aliphatic carbocycles. The van der Waals surface area contributed by atoms with Crippen LogP contribution in [0, 0.1) is 35.9 Å². The highest BCUT2D eigenvalue weighted by molar-refractivity contribution is 5.55. The van der Waals surface area contributed by atoms with Gasteiger partial charge in [0.15, 0.2) is 0 Å². The number of aliphatic hydroxyl groups is 1. The van der Waals surface area contributed by atoms with E-state index in [2.05, 4.69) is 16.0 Å². The highest BCUT2D eigenvalue weighted by Crippen LogP contribution is 2.39. The highest BCUT2D eigenvalue weighted by Gasteiger charge is 2.43. The summed E-state index contributed by atoms with van der Waals surface area (Å²) in [5.74, 6) is 1.71. The molecule has 1 aromatic carbocycles. The van der Waals surface area contributed by atoms with Gasteiger partial charge in [0.05, 0.1) is 11.7 Å². The smallest absolute Gasteiger partial charge is 0.146 e. The molecule has 6 heteroatoms. The molecule has 0 bridgehead atoms. The lowest BCUT2D eigenvalue weighted by atomic mass is 9.78. The van der Waals surface area contributed by atoms with Crippen molar-refractivity contribution in [1.29, 1.82) is 5.26 Å². The van der Waals surface area contributed by atoms with Gasteiger partial charge in [0.1, 0.15) is 29.6 Å². The molecule has 1 saturated carbocycles. The van der Waals surface area contributed by atoms with Crippen LogP contribution in [0.1, 0.15) is 24.1 Å². The van der Waals surface area contributed by atoms with E-state index in [1.54, 1.807) is 12.1 Å². The molecule has 27 heavy (non-hydrogen) atoms. The minimum Gasteiger partial charge on any atom is -0.488 e. The Kier molecular flexibility index (Phi) is 4.71. The van der Waals surface area contributed by atoms with Gasteiger partial charge in [-0.15, -0.1) is 0 Å². The van der Waals surface area contributed by atoms with Crippen LogP contribution in [0.4, 0.5) is 10.2 Å². The zero-order chi connectivity index (χ0) is 19.0. The Morgan fingerprint density at radius 1 is 1.15 bits per heavy atom. The van der Waals surface area contributed by atoms with Crippen LogP contribution in [-0.4, -0.2) is 35.4 Å². The summed E-state index contributed by atoms with van der Waals surface area (Å²) >= 11 is 0. The Labute approximate surface area is 158 Å². The lowest BCUT2D eigenvalue weighted by Crippen LogP contribution is -2.42. The van der Waals surface area contributed by atoms with Gasteiger partial charge in [-0.25, -0.2) is 9.37 Å². The maximum absolute atomic E-state index is 13.1. The van der Waals surface area contributed by atoms with E-state index in [1.807, 2.05) is 19.1 Å². The summed E-state index contributed by atoms with van der Waals surface area (Å²) in [5, 5.41) is 19.9. The van der Waals surface area contributed by atoms with E-state index in [9.17, 15) is 14.8 Å². The number of benzene rings is 1. The number of aryl methyl sites for hydroxylation is 1. The van der Waals surface area contributed by atoms with Crippen LogP contribution in [0.25, 0.3) is 0 Å². The van der Waals surface area contributed by atoms with E-state index in [4.69, 9.17) is 4.74 Å². The van der Waals surface area contributed by atoms with Gasteiger partial charge in [-0.3, -0.25) is 0 Å². The fourth-order valence-electron chi connectivity index (χ4n) is 4.25. The standard InChI is InChI=1S/C21H22FN3O2/c1-13-2-3-14(10-23)21(24-13)25-11-15-8-19(26)20(9-16(15)12-25)27-18-6-4-17(22)5-7-18/h2-7,15-16,19-20,26H,8-9,11-12H2,1H3/t15-,16+,19+,20+/m0/s1. The number of nitriles is 1. The number of nitrogens with zero attached hydrogens (tertiary/aromatic N) is 3. The summed E-state index contributed by atoms with van der Waals surface area (Å²) in [7, 11) is 0. The number of anilines is 1. The third kappa shape index (κ3) is 3.60. The van der Waals surface area contributed by atoms with Gasteiger partial charge in [0.25, 0.3) is 0 Å². The predicted octanol–water partition coefficient (Wildman–Crippen LogP) is 3.06. The normalized spacial score (nSPS) is 27.1. The lowest BCUT2D eigenvalue weighted by molar-refractivity contribution is -0.0231. The van der Waals surface area contributed by atoms with Crippen LogP contribution in [0.5, 0.6) is 5.75 Å². The van der Waals surface area contributed by atoms with E-state index in [-0.39, 0.29) is 11.9 Å². The van der Waals surface area contributed by atoms with Crippen LogP contribution in [0.15, 0.2) is 36.4 Å². The largest absolute Gasteiger partial charge is 0.488 e. The van der Waals surface area contributed by atoms with E-state index >= 15 is 0 Å². The number of hydrogen-bond donors (Lipinski definition) is 1. The summed E-state index contributed by atoms with van der Waals surface area (Å²) in [5.41, 5.74) is 1.47. The topological polar surface area (TPSA) is 69.4 Å². The first-order chi connectivity index (χ1) is 13.0. The molecule has 2 aromatic rings. The number of pyridine rings is 1. The van der Waals surface area contributed by atoms with Gasteiger partial charge in [0.2, 0.25) is 0 Å². The molecule has 0 radical (unpaired) electrons. The van der Waals surface area contributed by atoms with E-state index in [1.165, 1.54) is 12.1 Å². The van der Waals surface area contributed by atoms with Gasteiger partial charge in [-0.2, -0.15) is 5.26 Å². The third-order valence-corrected chi connectivity index (χ3v) is 5.62. The molecule has 0 unspecified atom stereocenters. The fraction of sp³-hybridized carbons (Fsp3) is 0.429. The predicted molar refractivity (Wildman–Crippen MR) is 98.9 cm³/mol. The van der Waals surface area contributed by atoms with Crippen LogP contribution in [0.3, 0.4) is 0 Å². The maximum Gasteiger partial charge on any atom is 0.146 e. The second-order valence-electron chi connectivity index (χ2n) is 7.51. The van der Waals surface area contributed by atoms with Crippen molar-refractivity contribution in [1.82, 2.24) is 4.98 Å². The molecule has 1 aliphatic heterocycles. The van der Waals surface area contributed by atoms with Crippen LogP contribution < -0.4 is 9.64 Å². The SMILES string of the molecule is Cc1ccc(C#N)c(N2C[C@H]3C[C@@H](Oc4ccc(F)cc4)[C@H](O)C[C@H]3C2)n1. The highest BCUT2D eigenvalue weighted by atomic mass is 19.1. The van der Waals surface area contributed by atoms with Crippen LogP contribution in [0.2, 0.25) is 0 Å². The van der Waals surface area contributed by atoms with E-state index in [0.717, 1.165) is 31.0 Å². The molecule has 5 nitrogen and oxygen atoms in total. The van der Waals surface area contributed by atoms with Gasteiger partial charge in [0, 0.05) is 18.8 Å². The van der Waals surface area contributed by atoms with Crippen molar-refractivity contribution in [2.45, 2.75) is 32.0 Å². The molecule has 0 spiro atoms. The Morgan fingerprint density at radius 2 is 1.85 bits per heavy atom. The van der Waals surface area contributed by atoms with Gasteiger partial charge in [-0.05, 0) is 68.0 Å². The maximum atomic E-state index is 13.1. The molecular formula is C21H22FN3O2. The van der Waals surface area contributed by atoms with Gasteiger partial charge >= 0.3 is 0 Å². The summed E-state index contributed by atoms with van der Waals surface area (Å²) in [6.07, 6.45) is 0.517. The van der Waals surface area contributed by atoms with Crippen molar-refractivity contribution in [3.8, 4) is 11.8 Å². The quantitative estimate of drug-likeness (QED) is 0.903. The third-order valence-electron chi connectivity index (χ3n) is 5.62. The lowest BCUT2D eigenvalue weighted by Gasteiger charge is -2.35. The van der Waals surface area contributed by atoms with Crippen molar-refractivity contribution in [2.24, 2.45) is 11.8 Å². The van der Waals surface area contributed by atoms with Crippen molar-refractivity contribution < 1.29 is 14.2 Å². The summed E-state index contributed by atoms with van der Waals surface area (Å²) in [6.45, 7) is 3.51. The first kappa shape index (κ1) is 17.7. The second kappa shape index (κ2) is 7.16. The zero-order valence-corrected chi connectivity index (χ0v) is 15.2. The number of aromatic nitrogens is 1. The van der Waals surface area contributed by atoms with Crippen molar-refractivity contribution >= 4 is 5.82 Å². The van der Waals surface area contributed by atoms with E-state index in [0.29, 0.717) is 29.6 Å². The molecule has 4 rings (SSSR count). The fourth-order valence-corrected chi connectivity index (χ4v) is 4.25. The Hall–Kier alpha value is -2.65. The average Bonchev–Trinajstić information content (AvgIpc) is 3.06. The minimum atomic E-state index is -0.558. The summed E-state index contributed by atoms with van der Waals surface area (Å²) in [6, 6.07) is 11.8. The molecule has 2 heterocycles. The zero-order valence-electron chi connectivity index (χ0n) is 15.2. The first-order valence-corrected chi connectivity index (χ1v) is 9.26. The van der Waals surface area contributed by atoms with Crippen LogP contribution >= 0.6 is 0 Å². The Bertz CT molecular complexity index is 865. The molecule has 1 N–H and O–H groups in total. The van der Waals surface area contributed by atoms with E-state index < -0.39 is 6.10 Å². The Balaban J connectivity index is 1.48. The second-order valence-corrected chi connectivity index (χ2v) is 7.51. The molecule has 140 valence electrons. The molecule has 2 fully saturated rings. The van der Waals surface area contributed by atoms with Crippen LogP contribution in [-0.2, 0) is 0 Å². The molecule has 1 aromatic heterocycles. The number of aliphatic hydroxyl groups excluding tert-OH is 1. The average molecular weight is 367 g/mol. The van der Waals surface area contributed by atoms with Gasteiger partial charge < -0.3 is 14.7 Å². The monoisotopic (exact) mass is 367 g/mol. The van der Waals surface area contributed by atoms with Crippen molar-refractivity contribution in [2.75, 3.05) is 18.0 Å². The molecule has 0 amide bonds. The summed E-state index contributed by atoms with van der Waals surface area (Å²) < 4.78 is 19.0. The van der Waals surface area contributed by atoms with Gasteiger partial charge in [-0.1, -0.05) is 0 Å². The molecule has 2 aliphatic rings. The number of halogens is 1. The summed E-state index contributed by atoms with van der Waals surface area (Å²) in [4.78, 5) is 6.73. The minimum absolute atomic E-state index is 0.308.